The van der Waals surface area contributed by atoms with Gasteiger partial charge in [0.25, 0.3) is 0 Å². The van der Waals surface area contributed by atoms with E-state index in [4.69, 9.17) is 10.00 Å². The fourth-order valence-electron chi connectivity index (χ4n) is 1.00. The zero-order valence-electron chi connectivity index (χ0n) is 7.95. The third-order valence-electron chi connectivity index (χ3n) is 1.89. The van der Waals surface area contributed by atoms with E-state index in [1.165, 1.54) is 12.8 Å². The maximum Gasteiger partial charge on any atom is 0.105 e. The fourth-order valence-corrected chi connectivity index (χ4v) is 1.86. The van der Waals surface area contributed by atoms with Crippen molar-refractivity contribution in [1.82, 2.24) is 5.32 Å². The Kier molecular flexibility index (Phi) is 5.21. The van der Waals surface area contributed by atoms with Gasteiger partial charge in [-0.1, -0.05) is 0 Å². The second-order valence-corrected chi connectivity index (χ2v) is 4.34. The molecule has 1 aliphatic carbocycles. The molecule has 0 aliphatic heterocycles. The number of hydrogen-bond acceptors (Lipinski definition) is 4. The Morgan fingerprint density at radius 1 is 1.69 bits per heavy atom. The van der Waals surface area contributed by atoms with Crippen LogP contribution < -0.4 is 5.32 Å². The lowest BCUT2D eigenvalue weighted by Gasteiger charge is -2.09. The molecule has 0 heterocycles. The van der Waals surface area contributed by atoms with Crippen molar-refractivity contribution in [3.8, 4) is 6.07 Å². The van der Waals surface area contributed by atoms with Crippen molar-refractivity contribution < 1.29 is 4.74 Å². The first-order chi connectivity index (χ1) is 6.36. The molecule has 74 valence electrons. The van der Waals surface area contributed by atoms with Gasteiger partial charge in [-0.15, -0.1) is 0 Å². The predicted molar refractivity (Wildman–Crippen MR) is 54.8 cm³/mol. The van der Waals surface area contributed by atoms with Crippen LogP contribution in [0.25, 0.3) is 0 Å². The molecule has 1 fully saturated rings. The summed E-state index contributed by atoms with van der Waals surface area (Å²) < 4.78 is 4.93. The first-order valence-electron chi connectivity index (χ1n) is 4.59. The molecular formula is C9H16N2OS. The minimum absolute atomic E-state index is 0.0226. The predicted octanol–water partition coefficient (Wildman–Crippen LogP) is 1.01. The molecule has 0 saturated heterocycles. The highest BCUT2D eigenvalue weighted by molar-refractivity contribution is 7.99. The van der Waals surface area contributed by atoms with Crippen LogP contribution in [0, 0.1) is 11.3 Å². The Bertz CT molecular complexity index is 177. The quantitative estimate of drug-likeness (QED) is 0.623. The summed E-state index contributed by atoms with van der Waals surface area (Å²) in [6.07, 6.45) is 2.47. The molecule has 1 saturated carbocycles. The summed E-state index contributed by atoms with van der Waals surface area (Å²) in [5, 5.41) is 12.1. The molecule has 1 N–H and O–H groups in total. The highest BCUT2D eigenvalue weighted by Crippen LogP contribution is 2.19. The standard InChI is InChI=1S/C9H16N2OS/c1-12-4-5-13-7-9(6-10)11-8-2-3-8/h8-9,11H,2-5,7H2,1H3. The minimum Gasteiger partial charge on any atom is -0.384 e. The highest BCUT2D eigenvalue weighted by Gasteiger charge is 2.24. The van der Waals surface area contributed by atoms with Gasteiger partial charge in [0.05, 0.1) is 12.7 Å². The molecule has 1 unspecified atom stereocenters. The molecule has 13 heavy (non-hydrogen) atoms. The van der Waals surface area contributed by atoms with Crippen molar-refractivity contribution in [3.05, 3.63) is 0 Å². The molecule has 1 aliphatic rings. The van der Waals surface area contributed by atoms with Gasteiger partial charge in [-0.25, -0.2) is 0 Å². The van der Waals surface area contributed by atoms with Crippen molar-refractivity contribution in [3.63, 3.8) is 0 Å². The second-order valence-electron chi connectivity index (χ2n) is 3.19. The summed E-state index contributed by atoms with van der Waals surface area (Å²) in [5.41, 5.74) is 0. The first-order valence-corrected chi connectivity index (χ1v) is 5.74. The zero-order chi connectivity index (χ0) is 9.52. The van der Waals surface area contributed by atoms with Crippen LogP contribution in [0.2, 0.25) is 0 Å². The minimum atomic E-state index is 0.0226. The van der Waals surface area contributed by atoms with E-state index in [0.717, 1.165) is 18.1 Å². The van der Waals surface area contributed by atoms with Gasteiger partial charge in [0.2, 0.25) is 0 Å². The molecule has 0 aromatic rings. The normalized spacial score (nSPS) is 18.2. The zero-order valence-corrected chi connectivity index (χ0v) is 8.77. The second kappa shape index (κ2) is 6.25. The number of nitrogens with one attached hydrogen (secondary N) is 1. The number of thioether (sulfide) groups is 1. The summed E-state index contributed by atoms with van der Waals surface area (Å²) >= 11 is 1.77. The monoisotopic (exact) mass is 200 g/mol. The van der Waals surface area contributed by atoms with Gasteiger partial charge in [-0.2, -0.15) is 17.0 Å². The molecule has 3 nitrogen and oxygen atoms in total. The average molecular weight is 200 g/mol. The van der Waals surface area contributed by atoms with Gasteiger partial charge in [0.15, 0.2) is 0 Å². The number of hydrogen-bond donors (Lipinski definition) is 1. The maximum atomic E-state index is 8.80. The van der Waals surface area contributed by atoms with E-state index in [-0.39, 0.29) is 6.04 Å². The fraction of sp³-hybridized carbons (Fsp3) is 0.889. The van der Waals surface area contributed by atoms with E-state index in [1.807, 2.05) is 0 Å². The Labute approximate surface area is 83.8 Å². The Balaban J connectivity index is 1.99. The number of ether oxygens (including phenoxy) is 1. The Morgan fingerprint density at radius 2 is 2.46 bits per heavy atom. The van der Waals surface area contributed by atoms with Crippen LogP contribution in [-0.4, -0.2) is 37.3 Å². The maximum absolute atomic E-state index is 8.80. The first kappa shape index (κ1) is 10.8. The van der Waals surface area contributed by atoms with E-state index in [9.17, 15) is 0 Å². The van der Waals surface area contributed by atoms with Crippen LogP contribution in [0.3, 0.4) is 0 Å². The molecule has 0 aromatic carbocycles. The van der Waals surface area contributed by atoms with E-state index < -0.39 is 0 Å². The molecular weight excluding hydrogens is 184 g/mol. The van der Waals surface area contributed by atoms with E-state index in [2.05, 4.69) is 11.4 Å². The van der Waals surface area contributed by atoms with Gasteiger partial charge in [-0.3, -0.25) is 5.32 Å². The molecule has 0 amide bonds. The topological polar surface area (TPSA) is 45.0 Å². The summed E-state index contributed by atoms with van der Waals surface area (Å²) in [5.74, 6) is 1.84. The Morgan fingerprint density at radius 3 is 3.00 bits per heavy atom. The van der Waals surface area contributed by atoms with Crippen LogP contribution in [0.5, 0.6) is 0 Å². The van der Waals surface area contributed by atoms with E-state index in [1.54, 1.807) is 18.9 Å². The largest absolute Gasteiger partial charge is 0.384 e. The van der Waals surface area contributed by atoms with Crippen molar-refractivity contribution in [2.75, 3.05) is 25.2 Å². The molecule has 4 heteroatoms. The SMILES string of the molecule is COCCSCC(C#N)NC1CC1. The third kappa shape index (κ3) is 5.14. The lowest BCUT2D eigenvalue weighted by molar-refractivity contribution is 0.218. The molecule has 0 bridgehead atoms. The van der Waals surface area contributed by atoms with Crippen molar-refractivity contribution in [1.29, 1.82) is 5.26 Å². The molecule has 1 rings (SSSR count). The number of rotatable bonds is 7. The summed E-state index contributed by atoms with van der Waals surface area (Å²) in [6, 6.07) is 2.92. The van der Waals surface area contributed by atoms with Gasteiger partial charge in [-0.05, 0) is 12.8 Å². The number of nitrogens with zero attached hydrogens (tertiary/aromatic N) is 1. The van der Waals surface area contributed by atoms with Crippen LogP contribution in [0.1, 0.15) is 12.8 Å². The lowest BCUT2D eigenvalue weighted by atomic mass is 10.4. The summed E-state index contributed by atoms with van der Waals surface area (Å²) in [4.78, 5) is 0. The third-order valence-corrected chi connectivity index (χ3v) is 2.91. The molecule has 1 atom stereocenters. The van der Waals surface area contributed by atoms with Gasteiger partial charge < -0.3 is 4.74 Å². The van der Waals surface area contributed by atoms with E-state index in [0.29, 0.717) is 6.04 Å². The lowest BCUT2D eigenvalue weighted by Crippen LogP contribution is -2.31. The van der Waals surface area contributed by atoms with Crippen LogP contribution in [0.4, 0.5) is 0 Å². The average Bonchev–Trinajstić information content (AvgIpc) is 2.94. The summed E-state index contributed by atoms with van der Waals surface area (Å²) in [6.45, 7) is 0.770. The van der Waals surface area contributed by atoms with Crippen LogP contribution in [-0.2, 0) is 4.74 Å². The Hall–Kier alpha value is -0.240. The van der Waals surface area contributed by atoms with Crippen molar-refractivity contribution >= 4 is 11.8 Å². The van der Waals surface area contributed by atoms with Gasteiger partial charge in [0, 0.05) is 24.7 Å². The molecule has 0 spiro atoms. The number of nitriles is 1. The van der Waals surface area contributed by atoms with Crippen molar-refractivity contribution in [2.24, 2.45) is 0 Å². The van der Waals surface area contributed by atoms with Crippen LogP contribution >= 0.6 is 11.8 Å². The highest BCUT2D eigenvalue weighted by atomic mass is 32.2. The molecule has 0 aromatic heterocycles. The van der Waals surface area contributed by atoms with Gasteiger partial charge >= 0.3 is 0 Å². The van der Waals surface area contributed by atoms with Crippen molar-refractivity contribution in [2.45, 2.75) is 24.9 Å². The smallest absolute Gasteiger partial charge is 0.105 e. The number of methoxy groups -OCH3 is 1. The van der Waals surface area contributed by atoms with Crippen LogP contribution in [0.15, 0.2) is 0 Å². The summed E-state index contributed by atoms with van der Waals surface area (Å²) in [7, 11) is 1.70. The van der Waals surface area contributed by atoms with E-state index >= 15 is 0 Å². The van der Waals surface area contributed by atoms with Gasteiger partial charge in [0.1, 0.15) is 6.04 Å². The molecule has 0 radical (unpaired) electrons.